The number of para-hydroxylation sites is 1. The van der Waals surface area contributed by atoms with Crippen LogP contribution < -0.4 is 16.0 Å². The Balaban J connectivity index is 0.00000162. The van der Waals surface area contributed by atoms with E-state index in [2.05, 4.69) is 5.32 Å². The van der Waals surface area contributed by atoms with E-state index in [1.54, 1.807) is 4.90 Å². The Morgan fingerprint density at radius 3 is 2.83 bits per heavy atom. The van der Waals surface area contributed by atoms with Gasteiger partial charge in [0.15, 0.2) is 0 Å². The Hall–Kier alpha value is -1.59. The highest BCUT2D eigenvalue weighted by molar-refractivity contribution is 6.01. The van der Waals surface area contributed by atoms with Crippen molar-refractivity contribution in [3.63, 3.8) is 0 Å². The summed E-state index contributed by atoms with van der Waals surface area (Å²) in [7, 11) is 0. The van der Waals surface area contributed by atoms with Crippen LogP contribution in [0, 0.1) is 0 Å². The summed E-state index contributed by atoms with van der Waals surface area (Å²) in [6.07, 6.45) is 0.445. The number of hydrogen-bond acceptors (Lipinski definition) is 3. The van der Waals surface area contributed by atoms with Gasteiger partial charge in [0.05, 0.1) is 13.0 Å². The second kappa shape index (κ2) is 6.37. The minimum Gasteiger partial charge on any atom is -0.353 e. The Morgan fingerprint density at radius 2 is 2.11 bits per heavy atom. The number of amides is 2. The third-order valence-electron chi connectivity index (χ3n) is 2.77. The number of nitrogens with zero attached hydrogens (tertiary/aromatic N) is 1. The normalized spacial score (nSPS) is 12.9. The van der Waals surface area contributed by atoms with Crippen molar-refractivity contribution in [2.45, 2.75) is 6.42 Å². The predicted octanol–water partition coefficient (Wildman–Crippen LogP) is 0.0724. The van der Waals surface area contributed by atoms with Crippen molar-refractivity contribution in [2.75, 3.05) is 24.5 Å². The van der Waals surface area contributed by atoms with Gasteiger partial charge in [-0.15, -0.1) is 12.4 Å². The van der Waals surface area contributed by atoms with Crippen LogP contribution in [0.5, 0.6) is 0 Å². The van der Waals surface area contributed by atoms with Gasteiger partial charge < -0.3 is 16.0 Å². The topological polar surface area (TPSA) is 75.4 Å². The van der Waals surface area contributed by atoms with E-state index >= 15 is 0 Å². The molecule has 1 aromatic carbocycles. The molecule has 1 aliphatic rings. The van der Waals surface area contributed by atoms with Crippen LogP contribution in [-0.2, 0) is 16.0 Å². The number of nitrogens with two attached hydrogens (primary N) is 1. The van der Waals surface area contributed by atoms with Crippen molar-refractivity contribution in [3.05, 3.63) is 29.8 Å². The molecule has 0 radical (unpaired) electrons. The number of fused-ring (bicyclic) bond motifs is 1. The summed E-state index contributed by atoms with van der Waals surface area (Å²) in [5.41, 5.74) is 7.17. The molecular formula is C12H16ClN3O2. The van der Waals surface area contributed by atoms with E-state index in [1.807, 2.05) is 24.3 Å². The third kappa shape index (κ3) is 3.00. The third-order valence-corrected chi connectivity index (χ3v) is 2.77. The van der Waals surface area contributed by atoms with Crippen molar-refractivity contribution >= 4 is 29.9 Å². The number of hydrogen-bond donors (Lipinski definition) is 2. The molecule has 0 saturated heterocycles. The number of carbonyl (C=O) groups excluding carboxylic acids is 2. The first-order chi connectivity index (χ1) is 8.22. The van der Waals surface area contributed by atoms with Crippen molar-refractivity contribution in [1.82, 2.24) is 5.32 Å². The summed E-state index contributed by atoms with van der Waals surface area (Å²) in [5, 5.41) is 2.65. The van der Waals surface area contributed by atoms with E-state index in [0.717, 1.165) is 11.3 Å². The number of benzene rings is 1. The maximum Gasteiger partial charge on any atom is 0.233 e. The van der Waals surface area contributed by atoms with Gasteiger partial charge in [-0.05, 0) is 11.6 Å². The molecule has 1 aromatic rings. The SMILES string of the molecule is Cl.NCC(=O)NCCN1C(=O)Cc2ccccc21. The van der Waals surface area contributed by atoms with Crippen molar-refractivity contribution in [1.29, 1.82) is 0 Å². The van der Waals surface area contributed by atoms with E-state index in [1.165, 1.54) is 0 Å². The van der Waals surface area contributed by atoms with Crippen LogP contribution in [0.4, 0.5) is 5.69 Å². The maximum absolute atomic E-state index is 11.8. The van der Waals surface area contributed by atoms with Crippen molar-refractivity contribution < 1.29 is 9.59 Å². The maximum atomic E-state index is 11.8. The second-order valence-corrected chi connectivity index (χ2v) is 3.90. The Kier molecular flexibility index (Phi) is 5.12. The number of carbonyl (C=O) groups is 2. The van der Waals surface area contributed by atoms with E-state index in [0.29, 0.717) is 19.5 Å². The molecule has 0 atom stereocenters. The van der Waals surface area contributed by atoms with E-state index < -0.39 is 0 Å². The van der Waals surface area contributed by atoms with E-state index in [9.17, 15) is 9.59 Å². The van der Waals surface area contributed by atoms with Gasteiger partial charge in [-0.25, -0.2) is 0 Å². The van der Waals surface area contributed by atoms with Gasteiger partial charge in [-0.1, -0.05) is 18.2 Å². The van der Waals surface area contributed by atoms with Gasteiger partial charge in [0.1, 0.15) is 0 Å². The summed E-state index contributed by atoms with van der Waals surface area (Å²) in [5.74, 6) is -0.127. The molecule has 2 rings (SSSR count). The van der Waals surface area contributed by atoms with Gasteiger partial charge in [0.2, 0.25) is 11.8 Å². The van der Waals surface area contributed by atoms with Crippen LogP contribution in [0.15, 0.2) is 24.3 Å². The first-order valence-electron chi connectivity index (χ1n) is 5.57. The molecule has 0 unspecified atom stereocenters. The smallest absolute Gasteiger partial charge is 0.233 e. The Labute approximate surface area is 112 Å². The molecule has 3 N–H and O–H groups in total. The first kappa shape index (κ1) is 14.5. The first-order valence-corrected chi connectivity index (χ1v) is 5.57. The molecule has 5 nitrogen and oxygen atoms in total. The van der Waals surface area contributed by atoms with Gasteiger partial charge in [0.25, 0.3) is 0 Å². The molecular weight excluding hydrogens is 254 g/mol. The minimum absolute atomic E-state index is 0. The molecule has 1 aliphatic heterocycles. The lowest BCUT2D eigenvalue weighted by atomic mass is 10.2. The lowest BCUT2D eigenvalue weighted by molar-refractivity contribution is -0.120. The quantitative estimate of drug-likeness (QED) is 0.812. The molecule has 0 aromatic heterocycles. The summed E-state index contributed by atoms with van der Waals surface area (Å²) in [4.78, 5) is 24.4. The van der Waals surface area contributed by atoms with Gasteiger partial charge in [-0.3, -0.25) is 9.59 Å². The standard InChI is InChI=1S/C12H15N3O2.ClH/c13-8-11(16)14-5-6-15-10-4-2-1-3-9(10)7-12(15)17;/h1-4H,5-8,13H2,(H,14,16);1H. The molecule has 98 valence electrons. The number of rotatable bonds is 4. The molecule has 6 heteroatoms. The monoisotopic (exact) mass is 269 g/mol. The van der Waals surface area contributed by atoms with E-state index in [4.69, 9.17) is 5.73 Å². The molecule has 0 spiro atoms. The zero-order valence-electron chi connectivity index (χ0n) is 9.89. The number of halogens is 1. The van der Waals surface area contributed by atoms with Crippen LogP contribution >= 0.6 is 12.4 Å². The Morgan fingerprint density at radius 1 is 1.39 bits per heavy atom. The fourth-order valence-electron chi connectivity index (χ4n) is 1.94. The van der Waals surface area contributed by atoms with Crippen molar-refractivity contribution in [2.24, 2.45) is 5.73 Å². The second-order valence-electron chi connectivity index (χ2n) is 3.90. The fraction of sp³-hybridized carbons (Fsp3) is 0.333. The van der Waals surface area contributed by atoms with Gasteiger partial charge in [0, 0.05) is 18.8 Å². The fourth-order valence-corrected chi connectivity index (χ4v) is 1.94. The number of nitrogens with one attached hydrogen (secondary N) is 1. The van der Waals surface area contributed by atoms with Crippen LogP contribution in [0.25, 0.3) is 0 Å². The zero-order chi connectivity index (χ0) is 12.3. The largest absolute Gasteiger partial charge is 0.353 e. The van der Waals surface area contributed by atoms with Crippen molar-refractivity contribution in [3.8, 4) is 0 Å². The van der Waals surface area contributed by atoms with Gasteiger partial charge >= 0.3 is 0 Å². The van der Waals surface area contributed by atoms with E-state index in [-0.39, 0.29) is 30.8 Å². The molecule has 18 heavy (non-hydrogen) atoms. The predicted molar refractivity (Wildman–Crippen MR) is 71.8 cm³/mol. The summed E-state index contributed by atoms with van der Waals surface area (Å²) in [6, 6.07) is 7.70. The molecule has 0 aliphatic carbocycles. The Bertz CT molecular complexity index is 451. The molecule has 1 heterocycles. The van der Waals surface area contributed by atoms with Crippen LogP contribution in [0.1, 0.15) is 5.56 Å². The van der Waals surface area contributed by atoms with Crippen LogP contribution in [0.2, 0.25) is 0 Å². The molecule has 2 amide bonds. The van der Waals surface area contributed by atoms with Gasteiger partial charge in [-0.2, -0.15) is 0 Å². The average Bonchev–Trinajstić information content (AvgIpc) is 2.66. The summed E-state index contributed by atoms with van der Waals surface area (Å²) < 4.78 is 0. The molecule has 0 fully saturated rings. The zero-order valence-corrected chi connectivity index (χ0v) is 10.7. The highest BCUT2D eigenvalue weighted by atomic mass is 35.5. The highest BCUT2D eigenvalue weighted by Crippen LogP contribution is 2.27. The molecule has 0 saturated carbocycles. The summed E-state index contributed by atoms with van der Waals surface area (Å²) in [6.45, 7) is 0.891. The molecule has 0 bridgehead atoms. The highest BCUT2D eigenvalue weighted by Gasteiger charge is 2.25. The minimum atomic E-state index is -0.204. The lowest BCUT2D eigenvalue weighted by Gasteiger charge is -2.17. The number of anilines is 1. The van der Waals surface area contributed by atoms with Crippen LogP contribution in [0.3, 0.4) is 0 Å². The summed E-state index contributed by atoms with van der Waals surface area (Å²) >= 11 is 0. The average molecular weight is 270 g/mol. The lowest BCUT2D eigenvalue weighted by Crippen LogP contribution is -2.38. The van der Waals surface area contributed by atoms with Crippen LogP contribution in [-0.4, -0.2) is 31.4 Å².